The maximum absolute atomic E-state index is 12.8. The van der Waals surface area contributed by atoms with Crippen LogP contribution < -0.4 is 0 Å². The summed E-state index contributed by atoms with van der Waals surface area (Å²) in [6, 6.07) is 8.72. The highest BCUT2D eigenvalue weighted by atomic mass is 16.4. The minimum absolute atomic E-state index is 0.178. The number of aliphatic carboxylic acids is 1. The van der Waals surface area contributed by atoms with Crippen molar-refractivity contribution < 1.29 is 14.7 Å². The summed E-state index contributed by atoms with van der Waals surface area (Å²) >= 11 is 0. The van der Waals surface area contributed by atoms with Crippen LogP contribution in [0.4, 0.5) is 4.79 Å². The van der Waals surface area contributed by atoms with E-state index < -0.39 is 17.9 Å². The van der Waals surface area contributed by atoms with Crippen LogP contribution in [0.25, 0.3) is 0 Å². The number of carbonyl (C=O) groups is 2. The molecular weight excluding hydrogens is 292 g/mol. The number of benzene rings is 1. The normalized spacial score (nSPS) is 20.1. The number of carboxylic acids is 1. The summed E-state index contributed by atoms with van der Waals surface area (Å²) in [4.78, 5) is 27.7. The number of nitrogens with zero attached hydrogens (tertiary/aromatic N) is 2. The van der Waals surface area contributed by atoms with Crippen molar-refractivity contribution in [1.82, 2.24) is 9.80 Å². The van der Waals surface area contributed by atoms with Gasteiger partial charge in [-0.1, -0.05) is 42.5 Å². The second-order valence-electron chi connectivity index (χ2n) is 5.55. The van der Waals surface area contributed by atoms with E-state index >= 15 is 0 Å². The zero-order chi connectivity index (χ0) is 16.8. The van der Waals surface area contributed by atoms with E-state index in [1.807, 2.05) is 30.3 Å². The van der Waals surface area contributed by atoms with E-state index in [0.29, 0.717) is 26.1 Å². The zero-order valence-corrected chi connectivity index (χ0v) is 13.1. The Labute approximate surface area is 136 Å². The van der Waals surface area contributed by atoms with E-state index in [0.717, 1.165) is 5.56 Å². The predicted octanol–water partition coefficient (Wildman–Crippen LogP) is 2.93. The first-order chi connectivity index (χ1) is 11.1. The Balaban J connectivity index is 2.32. The number of hydrogen-bond acceptors (Lipinski definition) is 2. The molecule has 1 aromatic carbocycles. The van der Waals surface area contributed by atoms with Gasteiger partial charge in [-0.05, 0) is 12.0 Å². The highest BCUT2D eigenvalue weighted by Crippen LogP contribution is 2.38. The van der Waals surface area contributed by atoms with Crippen molar-refractivity contribution in [1.29, 1.82) is 0 Å². The van der Waals surface area contributed by atoms with Gasteiger partial charge in [0.2, 0.25) is 0 Å². The summed E-state index contributed by atoms with van der Waals surface area (Å²) in [5, 5.41) is 9.51. The number of carboxylic acid groups (broad SMARTS) is 1. The fourth-order valence-corrected chi connectivity index (χ4v) is 3.05. The third kappa shape index (κ3) is 3.62. The summed E-state index contributed by atoms with van der Waals surface area (Å²) in [5.41, 5.74) is 0.850. The molecule has 2 amide bonds. The Bertz CT molecular complexity index is 575. The highest BCUT2D eigenvalue weighted by molar-refractivity contribution is 5.79. The lowest BCUT2D eigenvalue weighted by molar-refractivity contribution is -0.142. The minimum Gasteiger partial charge on any atom is -0.481 e. The largest absolute Gasteiger partial charge is 0.481 e. The Morgan fingerprint density at radius 3 is 2.35 bits per heavy atom. The Hall–Kier alpha value is -2.56. The molecule has 0 aliphatic carbocycles. The smallest absolute Gasteiger partial charge is 0.321 e. The van der Waals surface area contributed by atoms with Gasteiger partial charge in [-0.3, -0.25) is 4.79 Å². The summed E-state index contributed by atoms with van der Waals surface area (Å²) in [6.07, 6.45) is 3.77. The number of carbonyl (C=O) groups excluding carboxylic acids is 1. The van der Waals surface area contributed by atoms with Crippen LogP contribution in [0.1, 0.15) is 18.0 Å². The average molecular weight is 314 g/mol. The van der Waals surface area contributed by atoms with E-state index in [-0.39, 0.29) is 6.03 Å². The molecule has 1 aliphatic heterocycles. The molecule has 5 heteroatoms. The molecule has 1 fully saturated rings. The van der Waals surface area contributed by atoms with Gasteiger partial charge in [0.1, 0.15) is 0 Å². The summed E-state index contributed by atoms with van der Waals surface area (Å²) in [5.74, 6) is -1.45. The van der Waals surface area contributed by atoms with Crippen molar-refractivity contribution in [3.8, 4) is 0 Å². The molecule has 0 unspecified atom stereocenters. The zero-order valence-electron chi connectivity index (χ0n) is 13.1. The molecule has 1 aliphatic rings. The molecule has 23 heavy (non-hydrogen) atoms. The van der Waals surface area contributed by atoms with Gasteiger partial charge >= 0.3 is 12.0 Å². The quantitative estimate of drug-likeness (QED) is 0.821. The maximum Gasteiger partial charge on any atom is 0.321 e. The van der Waals surface area contributed by atoms with Crippen molar-refractivity contribution >= 4 is 12.0 Å². The van der Waals surface area contributed by atoms with Gasteiger partial charge in [-0.25, -0.2) is 4.79 Å². The van der Waals surface area contributed by atoms with Crippen LogP contribution in [0.15, 0.2) is 55.6 Å². The average Bonchev–Trinajstić information content (AvgIpc) is 3.00. The molecule has 0 radical (unpaired) electrons. The summed E-state index contributed by atoms with van der Waals surface area (Å²) in [6.45, 7) is 8.58. The first-order valence-corrected chi connectivity index (χ1v) is 7.65. The Morgan fingerprint density at radius 2 is 1.83 bits per heavy atom. The van der Waals surface area contributed by atoms with Crippen molar-refractivity contribution in [3.05, 3.63) is 61.2 Å². The lowest BCUT2D eigenvalue weighted by Crippen LogP contribution is -2.44. The molecule has 0 spiro atoms. The van der Waals surface area contributed by atoms with Crippen LogP contribution in [0.2, 0.25) is 0 Å². The molecule has 1 saturated heterocycles. The minimum atomic E-state index is -0.867. The molecule has 2 rings (SSSR count). The van der Waals surface area contributed by atoms with Crippen molar-refractivity contribution in [2.75, 3.05) is 19.6 Å². The summed E-state index contributed by atoms with van der Waals surface area (Å²) in [7, 11) is 0. The first-order valence-electron chi connectivity index (χ1n) is 7.65. The fourth-order valence-electron chi connectivity index (χ4n) is 3.05. The molecule has 0 saturated carbocycles. The molecule has 122 valence electrons. The number of urea groups is 1. The van der Waals surface area contributed by atoms with Crippen LogP contribution in [0.3, 0.4) is 0 Å². The van der Waals surface area contributed by atoms with Gasteiger partial charge < -0.3 is 14.9 Å². The molecule has 5 nitrogen and oxygen atoms in total. The second kappa shape index (κ2) is 7.63. The number of rotatable bonds is 6. The van der Waals surface area contributed by atoms with Gasteiger partial charge in [-0.2, -0.15) is 0 Å². The maximum atomic E-state index is 12.8. The number of amides is 2. The van der Waals surface area contributed by atoms with Crippen LogP contribution in [0, 0.1) is 5.92 Å². The molecule has 1 aromatic rings. The standard InChI is InChI=1S/C18H22N2O3/c1-3-11-19(12-4-2)18(23)20-13-10-15(17(21)22)16(20)14-8-6-5-7-9-14/h3-9,15-16H,1-2,10-13H2,(H,21,22)/t15-,16-/m1/s1. The summed E-state index contributed by atoms with van der Waals surface area (Å²) < 4.78 is 0. The SMILES string of the molecule is C=CCN(CC=C)C(=O)N1CC[C@@H](C(=O)O)[C@H]1c1ccccc1. The number of likely N-dealkylation sites (tertiary alicyclic amines) is 1. The first kappa shape index (κ1) is 16.8. The monoisotopic (exact) mass is 314 g/mol. The topological polar surface area (TPSA) is 60.9 Å². The van der Waals surface area contributed by atoms with E-state index in [2.05, 4.69) is 13.2 Å². The Morgan fingerprint density at radius 1 is 1.22 bits per heavy atom. The van der Waals surface area contributed by atoms with Crippen LogP contribution >= 0.6 is 0 Å². The lowest BCUT2D eigenvalue weighted by atomic mass is 9.94. The third-order valence-electron chi connectivity index (χ3n) is 4.07. The lowest BCUT2D eigenvalue weighted by Gasteiger charge is -2.32. The van der Waals surface area contributed by atoms with Crippen molar-refractivity contribution in [2.45, 2.75) is 12.5 Å². The molecule has 0 bridgehead atoms. The van der Waals surface area contributed by atoms with Crippen LogP contribution in [-0.4, -0.2) is 46.5 Å². The number of hydrogen-bond donors (Lipinski definition) is 1. The molecular formula is C18H22N2O3. The molecule has 2 atom stereocenters. The van der Waals surface area contributed by atoms with Gasteiger partial charge in [0, 0.05) is 19.6 Å². The van der Waals surface area contributed by atoms with E-state index in [9.17, 15) is 14.7 Å². The molecule has 1 N–H and O–H groups in total. The van der Waals surface area contributed by atoms with Gasteiger partial charge in [0.25, 0.3) is 0 Å². The highest BCUT2D eigenvalue weighted by Gasteiger charge is 2.43. The second-order valence-corrected chi connectivity index (χ2v) is 5.55. The molecule has 1 heterocycles. The third-order valence-corrected chi connectivity index (χ3v) is 4.07. The van der Waals surface area contributed by atoms with Crippen molar-refractivity contribution in [3.63, 3.8) is 0 Å². The van der Waals surface area contributed by atoms with Crippen LogP contribution in [-0.2, 0) is 4.79 Å². The fraction of sp³-hybridized carbons (Fsp3) is 0.333. The van der Waals surface area contributed by atoms with E-state index in [4.69, 9.17) is 0 Å². The van der Waals surface area contributed by atoms with Crippen molar-refractivity contribution in [2.24, 2.45) is 5.92 Å². The molecule has 0 aromatic heterocycles. The Kier molecular flexibility index (Phi) is 5.57. The van der Waals surface area contributed by atoms with E-state index in [1.54, 1.807) is 22.0 Å². The van der Waals surface area contributed by atoms with Gasteiger partial charge in [0.15, 0.2) is 0 Å². The van der Waals surface area contributed by atoms with Gasteiger partial charge in [-0.15, -0.1) is 13.2 Å². The van der Waals surface area contributed by atoms with Gasteiger partial charge in [0.05, 0.1) is 12.0 Å². The predicted molar refractivity (Wildman–Crippen MR) is 89.0 cm³/mol. The van der Waals surface area contributed by atoms with Crippen LogP contribution in [0.5, 0.6) is 0 Å². The van der Waals surface area contributed by atoms with E-state index in [1.165, 1.54) is 0 Å².